The molecule has 0 bridgehead atoms. The van der Waals surface area contributed by atoms with Gasteiger partial charge in [0.05, 0.1) is 13.7 Å². The summed E-state index contributed by atoms with van der Waals surface area (Å²) in [6.07, 6.45) is 0.601. The molecule has 0 aromatic carbocycles. The summed E-state index contributed by atoms with van der Waals surface area (Å²) < 4.78 is 5.43. The highest BCUT2D eigenvalue weighted by Gasteiger charge is 2.28. The van der Waals surface area contributed by atoms with Crippen LogP contribution in [0.1, 0.15) is 13.3 Å². The molecule has 0 spiro atoms. The van der Waals surface area contributed by atoms with E-state index in [0.717, 1.165) is 6.42 Å². The third-order valence-electron chi connectivity index (χ3n) is 2.44. The number of hydroxylamine groups is 2. The fraction of sp³-hybridized carbons (Fsp3) is 0.889. The van der Waals surface area contributed by atoms with Crippen LogP contribution < -0.4 is 5.32 Å². The van der Waals surface area contributed by atoms with Crippen molar-refractivity contribution in [2.24, 2.45) is 0 Å². The second-order valence-electron chi connectivity index (χ2n) is 3.35. The van der Waals surface area contributed by atoms with Gasteiger partial charge in [0.15, 0.2) is 6.10 Å². The third kappa shape index (κ3) is 2.67. The molecule has 1 saturated heterocycles. The number of ether oxygens (including phenoxy) is 1. The van der Waals surface area contributed by atoms with Gasteiger partial charge in [-0.3, -0.25) is 9.63 Å². The predicted octanol–water partition coefficient (Wildman–Crippen LogP) is -0.227. The Morgan fingerprint density at radius 2 is 2.43 bits per heavy atom. The number of carbonyl (C=O) groups excluding carboxylic acids is 1. The fourth-order valence-corrected chi connectivity index (χ4v) is 1.34. The van der Waals surface area contributed by atoms with E-state index in [9.17, 15) is 4.79 Å². The maximum absolute atomic E-state index is 11.6. The number of hydrogen-bond acceptors (Lipinski definition) is 4. The number of rotatable bonds is 3. The Hall–Kier alpha value is -0.650. The van der Waals surface area contributed by atoms with E-state index < -0.39 is 6.10 Å². The first-order valence-electron chi connectivity index (χ1n) is 4.85. The second-order valence-corrected chi connectivity index (χ2v) is 3.35. The average molecular weight is 202 g/mol. The molecule has 5 nitrogen and oxygen atoms in total. The van der Waals surface area contributed by atoms with Gasteiger partial charge in [-0.05, 0) is 6.42 Å². The largest absolute Gasteiger partial charge is 0.365 e. The van der Waals surface area contributed by atoms with E-state index in [4.69, 9.17) is 9.57 Å². The van der Waals surface area contributed by atoms with Gasteiger partial charge in [0.1, 0.15) is 0 Å². The third-order valence-corrected chi connectivity index (χ3v) is 2.44. The Kier molecular flexibility index (Phi) is 4.31. The lowest BCUT2D eigenvalue weighted by Crippen LogP contribution is -2.52. The SMILES string of the molecule is CCC1CO[C@@H](C(=O)N(C)OC)CN1. The predicted molar refractivity (Wildman–Crippen MR) is 51.6 cm³/mol. The molecular formula is C9H18N2O3. The van der Waals surface area contributed by atoms with Gasteiger partial charge in [-0.1, -0.05) is 6.92 Å². The van der Waals surface area contributed by atoms with Crippen molar-refractivity contribution >= 4 is 5.91 Å². The molecule has 14 heavy (non-hydrogen) atoms. The van der Waals surface area contributed by atoms with Gasteiger partial charge in [0, 0.05) is 19.6 Å². The molecule has 1 rings (SSSR count). The first-order chi connectivity index (χ1) is 6.69. The van der Waals surface area contributed by atoms with Crippen molar-refractivity contribution in [2.45, 2.75) is 25.5 Å². The van der Waals surface area contributed by atoms with Crippen LogP contribution >= 0.6 is 0 Å². The molecule has 1 heterocycles. The zero-order valence-corrected chi connectivity index (χ0v) is 8.95. The van der Waals surface area contributed by atoms with E-state index in [2.05, 4.69) is 12.2 Å². The zero-order chi connectivity index (χ0) is 10.6. The summed E-state index contributed by atoms with van der Waals surface area (Å²) in [6.45, 7) is 3.24. The second kappa shape index (κ2) is 5.29. The monoisotopic (exact) mass is 202 g/mol. The molecule has 0 radical (unpaired) electrons. The van der Waals surface area contributed by atoms with E-state index in [1.54, 1.807) is 7.05 Å². The number of hydrogen-bond donors (Lipinski definition) is 1. The molecule has 1 unspecified atom stereocenters. The number of carbonyl (C=O) groups is 1. The minimum absolute atomic E-state index is 0.144. The summed E-state index contributed by atoms with van der Waals surface area (Å²) in [7, 11) is 3.04. The first-order valence-corrected chi connectivity index (χ1v) is 4.85. The lowest BCUT2D eigenvalue weighted by molar-refractivity contribution is -0.183. The van der Waals surface area contributed by atoms with Gasteiger partial charge in [0.2, 0.25) is 0 Å². The number of morpholine rings is 1. The molecule has 82 valence electrons. The highest BCUT2D eigenvalue weighted by molar-refractivity contribution is 5.80. The molecule has 0 saturated carbocycles. The van der Waals surface area contributed by atoms with Crippen molar-refractivity contribution in [1.82, 2.24) is 10.4 Å². The summed E-state index contributed by atoms with van der Waals surface area (Å²) in [5.74, 6) is -0.144. The summed E-state index contributed by atoms with van der Waals surface area (Å²) in [5, 5.41) is 4.44. The molecule has 1 N–H and O–H groups in total. The maximum atomic E-state index is 11.6. The molecule has 1 aliphatic rings. The summed E-state index contributed by atoms with van der Waals surface area (Å²) in [4.78, 5) is 16.4. The fourth-order valence-electron chi connectivity index (χ4n) is 1.34. The van der Waals surface area contributed by atoms with E-state index in [1.165, 1.54) is 12.2 Å². The molecule has 1 fully saturated rings. The van der Waals surface area contributed by atoms with Crippen LogP contribution in [0.3, 0.4) is 0 Å². The minimum Gasteiger partial charge on any atom is -0.365 e. The van der Waals surface area contributed by atoms with Crippen molar-refractivity contribution in [3.8, 4) is 0 Å². The number of likely N-dealkylation sites (N-methyl/N-ethyl adjacent to an activating group) is 1. The Morgan fingerprint density at radius 1 is 1.71 bits per heavy atom. The molecule has 0 aromatic heterocycles. The zero-order valence-electron chi connectivity index (χ0n) is 8.95. The Labute approximate surface area is 84.3 Å². The molecule has 1 amide bonds. The van der Waals surface area contributed by atoms with Gasteiger partial charge in [0.25, 0.3) is 5.91 Å². The molecule has 0 aromatic rings. The topological polar surface area (TPSA) is 50.8 Å². The Bertz CT molecular complexity index is 190. The van der Waals surface area contributed by atoms with Crippen LogP contribution in [-0.2, 0) is 14.4 Å². The van der Waals surface area contributed by atoms with E-state index in [-0.39, 0.29) is 5.91 Å². The van der Waals surface area contributed by atoms with Crippen molar-refractivity contribution < 1.29 is 14.4 Å². The molecule has 0 aliphatic carbocycles. The number of amides is 1. The number of nitrogens with zero attached hydrogens (tertiary/aromatic N) is 1. The van der Waals surface area contributed by atoms with Crippen LogP contribution in [0.2, 0.25) is 0 Å². The highest BCUT2D eigenvalue weighted by Crippen LogP contribution is 2.06. The molecule has 2 atom stereocenters. The van der Waals surface area contributed by atoms with Crippen LogP contribution in [0.5, 0.6) is 0 Å². The Morgan fingerprint density at radius 3 is 2.86 bits per heavy atom. The standard InChI is InChI=1S/C9H18N2O3/c1-4-7-6-14-8(5-10-7)9(12)11(2)13-3/h7-8,10H,4-6H2,1-3H3/t7?,8-/m1/s1. The Balaban J connectivity index is 2.37. The van der Waals surface area contributed by atoms with E-state index >= 15 is 0 Å². The summed E-state index contributed by atoms with van der Waals surface area (Å²) in [6, 6.07) is 0.368. The van der Waals surface area contributed by atoms with Gasteiger partial charge >= 0.3 is 0 Å². The summed E-state index contributed by atoms with van der Waals surface area (Å²) in [5.41, 5.74) is 0. The van der Waals surface area contributed by atoms with Crippen LogP contribution in [0, 0.1) is 0 Å². The maximum Gasteiger partial charge on any atom is 0.276 e. The smallest absolute Gasteiger partial charge is 0.276 e. The van der Waals surface area contributed by atoms with Crippen LogP contribution in [0.25, 0.3) is 0 Å². The van der Waals surface area contributed by atoms with Gasteiger partial charge < -0.3 is 10.1 Å². The van der Waals surface area contributed by atoms with Gasteiger partial charge in [-0.2, -0.15) is 0 Å². The average Bonchev–Trinajstić information content (AvgIpc) is 2.27. The molecular weight excluding hydrogens is 184 g/mol. The van der Waals surface area contributed by atoms with Crippen molar-refractivity contribution in [1.29, 1.82) is 0 Å². The highest BCUT2D eigenvalue weighted by atomic mass is 16.7. The lowest BCUT2D eigenvalue weighted by Gasteiger charge is -2.30. The van der Waals surface area contributed by atoms with Gasteiger partial charge in [-0.25, -0.2) is 5.06 Å². The van der Waals surface area contributed by atoms with Crippen LogP contribution in [0.4, 0.5) is 0 Å². The van der Waals surface area contributed by atoms with E-state index in [1.807, 2.05) is 0 Å². The molecule has 5 heteroatoms. The van der Waals surface area contributed by atoms with Crippen molar-refractivity contribution in [3.05, 3.63) is 0 Å². The van der Waals surface area contributed by atoms with E-state index in [0.29, 0.717) is 19.2 Å². The molecule has 1 aliphatic heterocycles. The quantitative estimate of drug-likeness (QED) is 0.642. The van der Waals surface area contributed by atoms with Crippen LogP contribution in [-0.4, -0.2) is 50.4 Å². The normalized spacial score (nSPS) is 27.4. The van der Waals surface area contributed by atoms with Crippen molar-refractivity contribution in [2.75, 3.05) is 27.3 Å². The summed E-state index contributed by atoms with van der Waals surface area (Å²) >= 11 is 0. The van der Waals surface area contributed by atoms with Crippen molar-refractivity contribution in [3.63, 3.8) is 0 Å². The first kappa shape index (κ1) is 11.4. The lowest BCUT2D eigenvalue weighted by atomic mass is 10.2. The minimum atomic E-state index is -0.414. The van der Waals surface area contributed by atoms with Gasteiger partial charge in [-0.15, -0.1) is 0 Å². The number of nitrogens with one attached hydrogen (secondary N) is 1. The van der Waals surface area contributed by atoms with Crippen LogP contribution in [0.15, 0.2) is 0 Å².